The Labute approximate surface area is 135 Å². The van der Waals surface area contributed by atoms with Gasteiger partial charge in [0.15, 0.2) is 0 Å². The quantitative estimate of drug-likeness (QED) is 0.635. The summed E-state index contributed by atoms with van der Waals surface area (Å²) in [4.78, 5) is 21.6. The normalized spacial score (nSPS) is 14.8. The third-order valence-electron chi connectivity index (χ3n) is 3.76. The van der Waals surface area contributed by atoms with Gasteiger partial charge < -0.3 is 20.1 Å². The minimum Gasteiger partial charge on any atom is -0.508 e. The minimum atomic E-state index is -1.26. The lowest BCUT2D eigenvalue weighted by molar-refractivity contribution is -0.142. The van der Waals surface area contributed by atoms with Crippen LogP contribution in [-0.4, -0.2) is 33.9 Å². The van der Waals surface area contributed by atoms with Gasteiger partial charge in [0.25, 0.3) is 0 Å². The molecular formula is C17H24O6. The number of carbonyl (C=O) groups excluding carboxylic acids is 1. The Hall–Kier alpha value is -2.08. The zero-order chi connectivity index (χ0) is 17.6. The number of benzene rings is 1. The summed E-state index contributed by atoms with van der Waals surface area (Å²) >= 11 is 0. The van der Waals surface area contributed by atoms with Gasteiger partial charge in [0.05, 0.1) is 17.8 Å². The molecule has 0 aromatic heterocycles. The largest absolute Gasteiger partial charge is 0.508 e. The highest BCUT2D eigenvalue weighted by molar-refractivity contribution is 5.88. The summed E-state index contributed by atoms with van der Waals surface area (Å²) in [6.45, 7) is 5.24. The number of hydrogen-bond acceptors (Lipinski definition) is 5. The van der Waals surface area contributed by atoms with Crippen molar-refractivity contribution in [3.63, 3.8) is 0 Å². The molecule has 2 atom stereocenters. The Kier molecular flexibility index (Phi) is 6.57. The first kappa shape index (κ1) is 19.0. The van der Waals surface area contributed by atoms with Gasteiger partial charge in [-0.3, -0.25) is 4.79 Å². The van der Waals surface area contributed by atoms with Gasteiger partial charge in [-0.15, -0.1) is 0 Å². The van der Waals surface area contributed by atoms with E-state index in [0.29, 0.717) is 25.0 Å². The molecule has 3 N–H and O–H groups in total. The fraction of sp³-hybridized carbons (Fsp3) is 0.529. The Morgan fingerprint density at radius 2 is 2.00 bits per heavy atom. The van der Waals surface area contributed by atoms with Gasteiger partial charge in [-0.2, -0.15) is 0 Å². The number of rotatable bonds is 8. The van der Waals surface area contributed by atoms with Crippen molar-refractivity contribution in [2.75, 3.05) is 6.61 Å². The van der Waals surface area contributed by atoms with Crippen LogP contribution in [0.2, 0.25) is 0 Å². The molecule has 0 saturated heterocycles. The van der Waals surface area contributed by atoms with Crippen LogP contribution in [0.15, 0.2) is 18.2 Å². The van der Waals surface area contributed by atoms with Crippen molar-refractivity contribution in [2.45, 2.75) is 45.6 Å². The smallest absolute Gasteiger partial charge is 0.335 e. The molecule has 0 heterocycles. The van der Waals surface area contributed by atoms with E-state index in [2.05, 4.69) is 0 Å². The van der Waals surface area contributed by atoms with Gasteiger partial charge in [0, 0.05) is 12.5 Å². The lowest BCUT2D eigenvalue weighted by Gasteiger charge is -2.25. The summed E-state index contributed by atoms with van der Waals surface area (Å²) in [6, 6.07) is 3.92. The molecule has 0 spiro atoms. The van der Waals surface area contributed by atoms with E-state index >= 15 is 0 Å². The minimum absolute atomic E-state index is 0.0305. The molecule has 0 bridgehead atoms. The van der Waals surface area contributed by atoms with E-state index in [-0.39, 0.29) is 23.2 Å². The molecule has 1 rings (SSSR count). The van der Waals surface area contributed by atoms with Crippen molar-refractivity contribution in [3.8, 4) is 5.75 Å². The highest BCUT2D eigenvalue weighted by Gasteiger charge is 2.26. The van der Waals surface area contributed by atoms with Gasteiger partial charge in [0.1, 0.15) is 5.75 Å². The number of phenolic OH excluding ortho intramolecular Hbond substituents is 1. The zero-order valence-electron chi connectivity index (χ0n) is 13.7. The van der Waals surface area contributed by atoms with Crippen LogP contribution in [0.25, 0.3) is 0 Å². The molecule has 128 valence electrons. The highest BCUT2D eigenvalue weighted by atomic mass is 16.5. The highest BCUT2D eigenvalue weighted by Crippen LogP contribution is 2.34. The van der Waals surface area contributed by atoms with E-state index in [0.717, 1.165) is 12.5 Å². The SMILES string of the molecule is CC(=O)OCC(C)CCCC(C)(O)c1ccc(C(=O)O)cc1O. The molecular weight excluding hydrogens is 300 g/mol. The number of aromatic carboxylic acids is 1. The Balaban J connectivity index is 2.62. The summed E-state index contributed by atoms with van der Waals surface area (Å²) < 4.78 is 4.93. The van der Waals surface area contributed by atoms with E-state index in [1.54, 1.807) is 6.92 Å². The van der Waals surface area contributed by atoms with Crippen LogP contribution < -0.4 is 0 Å². The first-order chi connectivity index (χ1) is 10.6. The molecule has 0 radical (unpaired) electrons. The second-order valence-electron chi connectivity index (χ2n) is 6.11. The topological polar surface area (TPSA) is 104 Å². The molecule has 0 aliphatic heterocycles. The van der Waals surface area contributed by atoms with Crippen LogP contribution in [-0.2, 0) is 15.1 Å². The molecule has 23 heavy (non-hydrogen) atoms. The number of esters is 1. The summed E-state index contributed by atoms with van der Waals surface area (Å²) in [6.07, 6.45) is 1.84. The van der Waals surface area contributed by atoms with Crippen molar-refractivity contribution >= 4 is 11.9 Å². The molecule has 1 aromatic carbocycles. The second kappa shape index (κ2) is 7.97. The van der Waals surface area contributed by atoms with Crippen molar-refractivity contribution in [3.05, 3.63) is 29.3 Å². The van der Waals surface area contributed by atoms with Gasteiger partial charge in [-0.1, -0.05) is 13.0 Å². The van der Waals surface area contributed by atoms with E-state index in [9.17, 15) is 19.8 Å². The van der Waals surface area contributed by atoms with Crippen molar-refractivity contribution in [1.82, 2.24) is 0 Å². The average molecular weight is 324 g/mol. The van der Waals surface area contributed by atoms with Crippen molar-refractivity contribution in [2.24, 2.45) is 5.92 Å². The Morgan fingerprint density at radius 1 is 1.35 bits per heavy atom. The molecule has 1 aromatic rings. The molecule has 0 aliphatic carbocycles. The number of phenols is 1. The number of carboxylic acid groups (broad SMARTS) is 1. The Bertz CT molecular complexity index is 564. The first-order valence-electron chi connectivity index (χ1n) is 7.56. The Morgan fingerprint density at radius 3 is 2.52 bits per heavy atom. The van der Waals surface area contributed by atoms with Gasteiger partial charge in [-0.25, -0.2) is 4.79 Å². The number of aliphatic hydroxyl groups is 1. The molecule has 2 unspecified atom stereocenters. The van der Waals surface area contributed by atoms with Crippen LogP contribution in [0.3, 0.4) is 0 Å². The van der Waals surface area contributed by atoms with Crippen LogP contribution in [0.5, 0.6) is 5.75 Å². The van der Waals surface area contributed by atoms with E-state index in [1.807, 2.05) is 6.92 Å². The van der Waals surface area contributed by atoms with Gasteiger partial charge in [0.2, 0.25) is 0 Å². The average Bonchev–Trinajstić information content (AvgIpc) is 2.44. The van der Waals surface area contributed by atoms with E-state index in [4.69, 9.17) is 9.84 Å². The van der Waals surface area contributed by atoms with Gasteiger partial charge >= 0.3 is 11.9 Å². The first-order valence-corrected chi connectivity index (χ1v) is 7.56. The molecule has 0 aliphatic rings. The third kappa shape index (κ3) is 5.90. The van der Waals surface area contributed by atoms with Crippen LogP contribution >= 0.6 is 0 Å². The number of hydrogen-bond donors (Lipinski definition) is 3. The third-order valence-corrected chi connectivity index (χ3v) is 3.76. The molecule has 0 amide bonds. The van der Waals surface area contributed by atoms with Crippen molar-refractivity contribution in [1.29, 1.82) is 0 Å². The van der Waals surface area contributed by atoms with Crippen molar-refractivity contribution < 1.29 is 29.6 Å². The van der Waals surface area contributed by atoms with Crippen LogP contribution in [0.1, 0.15) is 56.0 Å². The summed E-state index contributed by atoms with van der Waals surface area (Å²) in [5.41, 5.74) is -0.991. The van der Waals surface area contributed by atoms with Crippen LogP contribution in [0.4, 0.5) is 0 Å². The monoisotopic (exact) mass is 324 g/mol. The molecule has 6 nitrogen and oxygen atoms in total. The van der Waals surface area contributed by atoms with E-state index < -0.39 is 11.6 Å². The maximum atomic E-state index is 10.9. The second-order valence-corrected chi connectivity index (χ2v) is 6.11. The molecule has 6 heteroatoms. The maximum absolute atomic E-state index is 10.9. The summed E-state index contributed by atoms with van der Waals surface area (Å²) in [5.74, 6) is -1.50. The molecule has 0 saturated carbocycles. The van der Waals surface area contributed by atoms with E-state index in [1.165, 1.54) is 19.1 Å². The van der Waals surface area contributed by atoms with Gasteiger partial charge in [-0.05, 0) is 44.2 Å². The lowest BCUT2D eigenvalue weighted by Crippen LogP contribution is -2.22. The predicted octanol–water partition coefficient (Wildman–Crippen LogP) is 2.67. The zero-order valence-corrected chi connectivity index (χ0v) is 13.7. The summed E-state index contributed by atoms with van der Waals surface area (Å²) in [5, 5.41) is 29.4. The molecule has 0 fully saturated rings. The number of carboxylic acids is 1. The standard InChI is InChI=1S/C17H24O6/c1-11(10-23-12(2)18)5-4-8-17(3,22)14-7-6-13(16(20)21)9-15(14)19/h6-7,9,11,19,22H,4-5,8,10H2,1-3H3,(H,20,21). The number of carbonyl (C=O) groups is 2. The predicted molar refractivity (Wildman–Crippen MR) is 84.3 cm³/mol. The maximum Gasteiger partial charge on any atom is 0.335 e. The fourth-order valence-corrected chi connectivity index (χ4v) is 2.39. The van der Waals surface area contributed by atoms with Crippen LogP contribution in [0, 0.1) is 5.92 Å². The summed E-state index contributed by atoms with van der Waals surface area (Å²) in [7, 11) is 0. The fourth-order valence-electron chi connectivity index (χ4n) is 2.39. The number of aromatic hydroxyl groups is 1. The lowest BCUT2D eigenvalue weighted by atomic mass is 9.88. The number of ether oxygens (including phenoxy) is 1.